The summed E-state index contributed by atoms with van der Waals surface area (Å²) in [5.74, 6) is -1.44. The molecule has 6 nitrogen and oxygen atoms in total. The Morgan fingerprint density at radius 2 is 1.67 bits per heavy atom. The SMILES string of the molecule is COC(=O)c1ccc(C(=O)OCC(=O)NC2CCCc3ccccc32)cc1. The Morgan fingerprint density at radius 3 is 2.37 bits per heavy atom. The van der Waals surface area contributed by atoms with E-state index < -0.39 is 11.9 Å². The monoisotopic (exact) mass is 367 g/mol. The minimum atomic E-state index is -0.620. The molecule has 140 valence electrons. The molecule has 0 radical (unpaired) electrons. The third-order valence-electron chi connectivity index (χ3n) is 4.58. The summed E-state index contributed by atoms with van der Waals surface area (Å²) in [7, 11) is 1.29. The third-order valence-corrected chi connectivity index (χ3v) is 4.58. The fourth-order valence-corrected chi connectivity index (χ4v) is 3.21. The fourth-order valence-electron chi connectivity index (χ4n) is 3.21. The molecule has 0 aliphatic heterocycles. The molecule has 0 saturated heterocycles. The van der Waals surface area contributed by atoms with Gasteiger partial charge in [0.2, 0.25) is 0 Å². The zero-order chi connectivity index (χ0) is 19.2. The van der Waals surface area contributed by atoms with E-state index in [4.69, 9.17) is 4.74 Å². The summed E-state index contributed by atoms with van der Waals surface area (Å²) in [5.41, 5.74) is 2.97. The third kappa shape index (κ3) is 4.53. The molecule has 1 atom stereocenters. The highest BCUT2D eigenvalue weighted by molar-refractivity contribution is 5.94. The molecule has 27 heavy (non-hydrogen) atoms. The number of hydrogen-bond donors (Lipinski definition) is 1. The quantitative estimate of drug-likeness (QED) is 0.822. The van der Waals surface area contributed by atoms with Crippen molar-refractivity contribution in [1.82, 2.24) is 5.32 Å². The van der Waals surface area contributed by atoms with Crippen LogP contribution in [-0.2, 0) is 20.7 Å². The van der Waals surface area contributed by atoms with Crippen LogP contribution >= 0.6 is 0 Å². The molecule has 0 spiro atoms. The van der Waals surface area contributed by atoms with E-state index in [0.29, 0.717) is 5.56 Å². The van der Waals surface area contributed by atoms with Gasteiger partial charge in [0.25, 0.3) is 5.91 Å². The standard InChI is InChI=1S/C21H21NO5/c1-26-20(24)15-9-11-16(12-10-15)21(25)27-13-19(23)22-18-8-4-6-14-5-2-3-7-17(14)18/h2-3,5,7,9-12,18H,4,6,8,13H2,1H3,(H,22,23). The van der Waals surface area contributed by atoms with Crippen molar-refractivity contribution >= 4 is 17.8 Å². The summed E-state index contributed by atoms with van der Waals surface area (Å²) in [5, 5.41) is 2.94. The average molecular weight is 367 g/mol. The van der Waals surface area contributed by atoms with E-state index in [2.05, 4.69) is 16.1 Å². The highest BCUT2D eigenvalue weighted by Gasteiger charge is 2.22. The topological polar surface area (TPSA) is 81.7 Å². The van der Waals surface area contributed by atoms with E-state index >= 15 is 0 Å². The Kier molecular flexibility index (Phi) is 5.86. The van der Waals surface area contributed by atoms with Gasteiger partial charge in [-0.3, -0.25) is 4.79 Å². The van der Waals surface area contributed by atoms with Crippen molar-refractivity contribution < 1.29 is 23.9 Å². The predicted molar refractivity (Wildman–Crippen MR) is 98.3 cm³/mol. The van der Waals surface area contributed by atoms with E-state index in [1.165, 1.54) is 36.9 Å². The van der Waals surface area contributed by atoms with Gasteiger partial charge in [0.1, 0.15) is 0 Å². The van der Waals surface area contributed by atoms with Gasteiger partial charge in [0, 0.05) is 0 Å². The van der Waals surface area contributed by atoms with Crippen LogP contribution in [0.1, 0.15) is 50.7 Å². The zero-order valence-corrected chi connectivity index (χ0v) is 15.1. The van der Waals surface area contributed by atoms with Gasteiger partial charge in [-0.25, -0.2) is 9.59 Å². The Balaban J connectivity index is 1.53. The summed E-state index contributed by atoms with van der Waals surface area (Å²) in [6, 6.07) is 13.9. The molecule has 0 bridgehead atoms. The number of carbonyl (C=O) groups is 3. The number of nitrogens with one attached hydrogen (secondary N) is 1. The van der Waals surface area contributed by atoms with Crippen molar-refractivity contribution in [2.75, 3.05) is 13.7 Å². The zero-order valence-electron chi connectivity index (χ0n) is 15.1. The van der Waals surface area contributed by atoms with E-state index in [-0.39, 0.29) is 24.1 Å². The molecular weight excluding hydrogens is 346 g/mol. The number of fused-ring (bicyclic) bond motifs is 1. The van der Waals surface area contributed by atoms with Gasteiger partial charge in [-0.2, -0.15) is 0 Å². The Bertz CT molecular complexity index is 844. The molecule has 0 fully saturated rings. The van der Waals surface area contributed by atoms with Gasteiger partial charge in [0.05, 0.1) is 24.3 Å². The number of amides is 1. The van der Waals surface area contributed by atoms with Crippen molar-refractivity contribution in [2.24, 2.45) is 0 Å². The van der Waals surface area contributed by atoms with Crippen molar-refractivity contribution in [3.63, 3.8) is 0 Å². The van der Waals surface area contributed by atoms with Crippen LogP contribution < -0.4 is 5.32 Å². The van der Waals surface area contributed by atoms with Crippen LogP contribution in [0, 0.1) is 0 Å². The van der Waals surface area contributed by atoms with Gasteiger partial charge < -0.3 is 14.8 Å². The fraction of sp³-hybridized carbons (Fsp3) is 0.286. The second kappa shape index (κ2) is 8.49. The highest BCUT2D eigenvalue weighted by Crippen LogP contribution is 2.29. The molecule has 0 heterocycles. The van der Waals surface area contributed by atoms with Crippen LogP contribution in [0.15, 0.2) is 48.5 Å². The van der Waals surface area contributed by atoms with Crippen LogP contribution in [0.25, 0.3) is 0 Å². The number of benzene rings is 2. The van der Waals surface area contributed by atoms with E-state index in [1.54, 1.807) is 0 Å². The second-order valence-corrected chi connectivity index (χ2v) is 6.36. The van der Waals surface area contributed by atoms with Gasteiger partial charge in [-0.1, -0.05) is 24.3 Å². The van der Waals surface area contributed by atoms with E-state index in [9.17, 15) is 14.4 Å². The molecule has 1 unspecified atom stereocenters. The van der Waals surface area contributed by atoms with Crippen LogP contribution in [0.3, 0.4) is 0 Å². The van der Waals surface area contributed by atoms with Gasteiger partial charge in [-0.15, -0.1) is 0 Å². The van der Waals surface area contributed by atoms with Crippen molar-refractivity contribution in [3.8, 4) is 0 Å². The Labute approximate surface area is 157 Å². The number of aryl methyl sites for hydroxylation is 1. The summed E-state index contributed by atoms with van der Waals surface area (Å²) in [6.45, 7) is -0.351. The van der Waals surface area contributed by atoms with E-state index in [1.807, 2.05) is 18.2 Å². The molecule has 2 aromatic carbocycles. The van der Waals surface area contributed by atoms with Crippen LogP contribution in [0.2, 0.25) is 0 Å². The van der Waals surface area contributed by atoms with Crippen LogP contribution in [-0.4, -0.2) is 31.6 Å². The molecule has 1 aliphatic carbocycles. The first-order chi connectivity index (χ1) is 13.1. The van der Waals surface area contributed by atoms with Crippen molar-refractivity contribution in [3.05, 3.63) is 70.8 Å². The number of esters is 2. The molecular formula is C21H21NO5. The lowest BCUT2D eigenvalue weighted by molar-refractivity contribution is -0.125. The van der Waals surface area contributed by atoms with Crippen molar-refractivity contribution in [2.45, 2.75) is 25.3 Å². The lowest BCUT2D eigenvalue weighted by Crippen LogP contribution is -2.34. The van der Waals surface area contributed by atoms with Gasteiger partial charge in [0.15, 0.2) is 6.61 Å². The number of hydrogen-bond acceptors (Lipinski definition) is 5. The number of rotatable bonds is 5. The summed E-state index contributed by atoms with van der Waals surface area (Å²) in [6.07, 6.45) is 2.89. The molecule has 1 amide bonds. The lowest BCUT2D eigenvalue weighted by Gasteiger charge is -2.26. The maximum atomic E-state index is 12.2. The first-order valence-electron chi connectivity index (χ1n) is 8.81. The Morgan fingerprint density at radius 1 is 1.00 bits per heavy atom. The normalized spacial score (nSPS) is 15.4. The largest absolute Gasteiger partial charge is 0.465 e. The van der Waals surface area contributed by atoms with E-state index in [0.717, 1.165) is 24.8 Å². The average Bonchev–Trinajstić information content (AvgIpc) is 2.72. The van der Waals surface area contributed by atoms with Crippen LogP contribution in [0.5, 0.6) is 0 Å². The highest BCUT2D eigenvalue weighted by atomic mass is 16.5. The molecule has 3 rings (SSSR count). The summed E-state index contributed by atoms with van der Waals surface area (Å²) >= 11 is 0. The number of carbonyl (C=O) groups excluding carboxylic acids is 3. The van der Waals surface area contributed by atoms with Crippen molar-refractivity contribution in [1.29, 1.82) is 0 Å². The lowest BCUT2D eigenvalue weighted by atomic mass is 9.88. The van der Waals surface area contributed by atoms with Gasteiger partial charge in [-0.05, 0) is 54.7 Å². The number of ether oxygens (including phenoxy) is 2. The summed E-state index contributed by atoms with van der Waals surface area (Å²) < 4.78 is 9.68. The van der Waals surface area contributed by atoms with Gasteiger partial charge >= 0.3 is 11.9 Å². The summed E-state index contributed by atoms with van der Waals surface area (Å²) in [4.78, 5) is 35.7. The molecule has 6 heteroatoms. The minimum absolute atomic E-state index is 0.0551. The first kappa shape index (κ1) is 18.6. The Hall–Kier alpha value is -3.15. The molecule has 0 aromatic heterocycles. The predicted octanol–water partition coefficient (Wildman–Crippen LogP) is 2.82. The maximum absolute atomic E-state index is 12.2. The molecule has 1 aliphatic rings. The van der Waals surface area contributed by atoms with Crippen LogP contribution in [0.4, 0.5) is 0 Å². The number of methoxy groups -OCH3 is 1. The molecule has 1 N–H and O–H groups in total. The first-order valence-corrected chi connectivity index (χ1v) is 8.81. The molecule has 2 aromatic rings. The molecule has 0 saturated carbocycles. The maximum Gasteiger partial charge on any atom is 0.338 e. The minimum Gasteiger partial charge on any atom is -0.465 e. The second-order valence-electron chi connectivity index (χ2n) is 6.36. The smallest absolute Gasteiger partial charge is 0.338 e.